The molecule has 0 spiro atoms. The van der Waals surface area contributed by atoms with Gasteiger partial charge in [0.1, 0.15) is 11.5 Å². The maximum Gasteiger partial charge on any atom is 0.241 e. The molecular weight excluding hydrogens is 392 g/mol. The van der Waals surface area contributed by atoms with Crippen LogP contribution in [-0.4, -0.2) is 40.6 Å². The summed E-state index contributed by atoms with van der Waals surface area (Å²) in [6.07, 6.45) is 0.632. The first-order valence-corrected chi connectivity index (χ1v) is 10.9. The van der Waals surface area contributed by atoms with Crippen LogP contribution in [0, 0.1) is 6.92 Å². The van der Waals surface area contributed by atoms with Crippen molar-refractivity contribution in [2.75, 3.05) is 20.3 Å². The zero-order valence-corrected chi connectivity index (χ0v) is 18.0. The minimum Gasteiger partial charge on any atom is -0.497 e. The van der Waals surface area contributed by atoms with Gasteiger partial charge in [-0.1, -0.05) is 12.1 Å². The predicted molar refractivity (Wildman–Crippen MR) is 112 cm³/mol. The summed E-state index contributed by atoms with van der Waals surface area (Å²) in [6.45, 7) is 6.06. The van der Waals surface area contributed by atoms with Gasteiger partial charge in [0.05, 0.1) is 24.7 Å². The molecule has 1 amide bonds. The lowest BCUT2D eigenvalue weighted by molar-refractivity contribution is -0.122. The van der Waals surface area contributed by atoms with E-state index in [-0.39, 0.29) is 10.8 Å². The molecular formula is C21H28N2O5S. The average Bonchev–Trinajstić information content (AvgIpc) is 2.69. The van der Waals surface area contributed by atoms with E-state index < -0.39 is 16.1 Å². The normalized spacial score (nSPS) is 12.3. The number of aryl methyl sites for hydroxylation is 1. The van der Waals surface area contributed by atoms with Gasteiger partial charge in [-0.3, -0.25) is 4.79 Å². The zero-order chi connectivity index (χ0) is 21.4. The first-order chi connectivity index (χ1) is 13.8. The SMILES string of the molecule is CCOc1ccc(S(=O)(=O)N[C@@H](C)C(=O)NCCc2ccc(OC)cc2)cc1C. The molecule has 2 N–H and O–H groups in total. The van der Waals surface area contributed by atoms with E-state index in [9.17, 15) is 13.2 Å². The standard InChI is InChI=1S/C21H28N2O5S/c1-5-28-20-11-10-19(14-15(20)2)29(25,26)23-16(3)21(24)22-13-12-17-6-8-18(27-4)9-7-17/h6-11,14,16,23H,5,12-13H2,1-4H3,(H,22,24)/t16-/m0/s1. The van der Waals surface area contributed by atoms with Crippen molar-refractivity contribution in [1.82, 2.24) is 10.0 Å². The number of ether oxygens (including phenoxy) is 2. The van der Waals surface area contributed by atoms with Gasteiger partial charge in [-0.05, 0) is 68.7 Å². The second-order valence-corrected chi connectivity index (χ2v) is 8.31. The van der Waals surface area contributed by atoms with Crippen LogP contribution in [0.1, 0.15) is 25.0 Å². The molecule has 0 radical (unpaired) electrons. The molecule has 7 nitrogen and oxygen atoms in total. The Morgan fingerprint density at radius 1 is 1.14 bits per heavy atom. The molecule has 0 bridgehead atoms. The van der Waals surface area contributed by atoms with E-state index in [2.05, 4.69) is 10.0 Å². The Kier molecular flexibility index (Phi) is 8.04. The van der Waals surface area contributed by atoms with Gasteiger partial charge in [0, 0.05) is 6.54 Å². The van der Waals surface area contributed by atoms with Gasteiger partial charge in [0.25, 0.3) is 0 Å². The molecule has 0 unspecified atom stereocenters. The van der Waals surface area contributed by atoms with E-state index in [1.54, 1.807) is 20.1 Å². The maximum absolute atomic E-state index is 12.6. The number of hydrogen-bond donors (Lipinski definition) is 2. The Morgan fingerprint density at radius 2 is 1.83 bits per heavy atom. The third-order valence-electron chi connectivity index (χ3n) is 4.35. The van der Waals surface area contributed by atoms with Crippen LogP contribution in [0.3, 0.4) is 0 Å². The quantitative estimate of drug-likeness (QED) is 0.616. The number of benzene rings is 2. The highest BCUT2D eigenvalue weighted by Gasteiger charge is 2.22. The van der Waals surface area contributed by atoms with Crippen LogP contribution in [-0.2, 0) is 21.2 Å². The summed E-state index contributed by atoms with van der Waals surface area (Å²) >= 11 is 0. The number of methoxy groups -OCH3 is 1. The van der Waals surface area contributed by atoms with Crippen LogP contribution in [0.2, 0.25) is 0 Å². The smallest absolute Gasteiger partial charge is 0.241 e. The monoisotopic (exact) mass is 420 g/mol. The van der Waals surface area contributed by atoms with Crippen LogP contribution in [0.25, 0.3) is 0 Å². The summed E-state index contributed by atoms with van der Waals surface area (Å²) in [6, 6.07) is 11.3. The van der Waals surface area contributed by atoms with Gasteiger partial charge in [-0.25, -0.2) is 8.42 Å². The Hall–Kier alpha value is -2.58. The fourth-order valence-electron chi connectivity index (χ4n) is 2.74. The minimum atomic E-state index is -3.82. The van der Waals surface area contributed by atoms with E-state index in [1.165, 1.54) is 19.1 Å². The van der Waals surface area contributed by atoms with E-state index in [1.807, 2.05) is 31.2 Å². The summed E-state index contributed by atoms with van der Waals surface area (Å²) in [7, 11) is -2.22. The molecule has 1 atom stereocenters. The molecule has 2 aromatic rings. The van der Waals surface area contributed by atoms with Gasteiger partial charge >= 0.3 is 0 Å². The first-order valence-electron chi connectivity index (χ1n) is 9.43. The van der Waals surface area contributed by atoms with Crippen LogP contribution < -0.4 is 19.5 Å². The zero-order valence-electron chi connectivity index (χ0n) is 17.2. The summed E-state index contributed by atoms with van der Waals surface area (Å²) in [5.41, 5.74) is 1.76. The number of carbonyl (C=O) groups excluding carboxylic acids is 1. The lowest BCUT2D eigenvalue weighted by Gasteiger charge is -2.15. The number of amides is 1. The van der Waals surface area contributed by atoms with Crippen molar-refractivity contribution >= 4 is 15.9 Å². The molecule has 158 valence electrons. The van der Waals surface area contributed by atoms with Gasteiger partial charge < -0.3 is 14.8 Å². The molecule has 8 heteroatoms. The number of rotatable bonds is 10. The van der Waals surface area contributed by atoms with E-state index >= 15 is 0 Å². The van der Waals surface area contributed by atoms with Crippen molar-refractivity contribution < 1.29 is 22.7 Å². The summed E-state index contributed by atoms with van der Waals surface area (Å²) < 4.78 is 38.1. The molecule has 0 aliphatic rings. The summed E-state index contributed by atoms with van der Waals surface area (Å²) in [5, 5.41) is 2.75. The Bertz CT molecular complexity index is 927. The lowest BCUT2D eigenvalue weighted by atomic mass is 10.1. The maximum atomic E-state index is 12.6. The number of sulfonamides is 1. The fraction of sp³-hybridized carbons (Fsp3) is 0.381. The summed E-state index contributed by atoms with van der Waals surface area (Å²) in [4.78, 5) is 12.4. The van der Waals surface area contributed by atoms with Crippen molar-refractivity contribution in [3.05, 3.63) is 53.6 Å². The molecule has 0 aliphatic carbocycles. The van der Waals surface area contributed by atoms with Crippen molar-refractivity contribution in [2.24, 2.45) is 0 Å². The van der Waals surface area contributed by atoms with Crippen LogP contribution in [0.4, 0.5) is 0 Å². The molecule has 0 aromatic heterocycles. The highest BCUT2D eigenvalue weighted by atomic mass is 32.2. The molecule has 0 fully saturated rings. The van der Waals surface area contributed by atoms with Crippen molar-refractivity contribution in [3.8, 4) is 11.5 Å². The molecule has 29 heavy (non-hydrogen) atoms. The third-order valence-corrected chi connectivity index (χ3v) is 5.89. The largest absolute Gasteiger partial charge is 0.497 e. The summed E-state index contributed by atoms with van der Waals surface area (Å²) in [5.74, 6) is 1.02. The van der Waals surface area contributed by atoms with Gasteiger partial charge in [0.15, 0.2) is 0 Å². The van der Waals surface area contributed by atoms with Gasteiger partial charge in [0.2, 0.25) is 15.9 Å². The Morgan fingerprint density at radius 3 is 2.41 bits per heavy atom. The highest BCUT2D eigenvalue weighted by molar-refractivity contribution is 7.89. The van der Waals surface area contributed by atoms with Crippen molar-refractivity contribution in [3.63, 3.8) is 0 Å². The molecule has 2 aromatic carbocycles. The second kappa shape index (κ2) is 10.3. The average molecular weight is 421 g/mol. The first kappa shape index (κ1) is 22.7. The minimum absolute atomic E-state index is 0.0938. The van der Waals surface area contributed by atoms with Gasteiger partial charge in [-0.15, -0.1) is 0 Å². The van der Waals surface area contributed by atoms with Crippen LogP contribution in [0.15, 0.2) is 47.4 Å². The molecule has 0 saturated heterocycles. The fourth-order valence-corrected chi connectivity index (χ4v) is 4.02. The number of hydrogen-bond acceptors (Lipinski definition) is 5. The number of carbonyl (C=O) groups is 1. The Labute approximate surface area is 172 Å². The van der Waals surface area contributed by atoms with Crippen LogP contribution in [0.5, 0.6) is 11.5 Å². The molecule has 2 rings (SSSR count). The molecule has 0 heterocycles. The molecule has 0 aliphatic heterocycles. The van der Waals surface area contributed by atoms with E-state index in [0.29, 0.717) is 30.9 Å². The second-order valence-electron chi connectivity index (χ2n) is 6.59. The molecule has 0 saturated carbocycles. The topological polar surface area (TPSA) is 93.7 Å². The van der Waals surface area contributed by atoms with Crippen molar-refractivity contribution in [2.45, 2.75) is 38.1 Å². The van der Waals surface area contributed by atoms with Crippen molar-refractivity contribution in [1.29, 1.82) is 0 Å². The van der Waals surface area contributed by atoms with E-state index in [0.717, 1.165) is 11.3 Å². The van der Waals surface area contributed by atoms with Gasteiger partial charge in [-0.2, -0.15) is 4.72 Å². The Balaban J connectivity index is 1.90. The lowest BCUT2D eigenvalue weighted by Crippen LogP contribution is -2.45. The third kappa shape index (κ3) is 6.47. The predicted octanol–water partition coefficient (Wildman–Crippen LogP) is 2.43. The van der Waals surface area contributed by atoms with E-state index in [4.69, 9.17) is 9.47 Å². The highest BCUT2D eigenvalue weighted by Crippen LogP contribution is 2.22. The van der Waals surface area contributed by atoms with Crippen LogP contribution >= 0.6 is 0 Å². The number of nitrogens with one attached hydrogen (secondary N) is 2.